The molecule has 1 unspecified atom stereocenters. The van der Waals surface area contributed by atoms with Gasteiger partial charge in [-0.25, -0.2) is 0 Å². The molecule has 2 fully saturated rings. The lowest BCUT2D eigenvalue weighted by molar-refractivity contribution is -0.180. The Balaban J connectivity index is 1.48. The molecular weight excluding hydrogens is 256 g/mol. The van der Waals surface area contributed by atoms with Crippen molar-refractivity contribution in [2.24, 2.45) is 0 Å². The van der Waals surface area contributed by atoms with Crippen molar-refractivity contribution in [3.8, 4) is 0 Å². The molecule has 1 aromatic rings. The van der Waals surface area contributed by atoms with E-state index in [1.165, 1.54) is 55.1 Å². The Morgan fingerprint density at radius 2 is 2.05 bits per heavy atom. The van der Waals surface area contributed by atoms with Crippen LogP contribution in [0.5, 0.6) is 0 Å². The molecule has 3 heterocycles. The van der Waals surface area contributed by atoms with Crippen molar-refractivity contribution in [2.45, 2.75) is 45.3 Å². The summed E-state index contributed by atoms with van der Waals surface area (Å²) in [6.45, 7) is 7.77. The minimum atomic E-state index is 0.610. The summed E-state index contributed by atoms with van der Waals surface area (Å²) in [5.41, 5.74) is 0. The Kier molecular flexibility index (Phi) is 4.53. The van der Waals surface area contributed by atoms with E-state index < -0.39 is 0 Å². The quantitative estimate of drug-likeness (QED) is 0.824. The molecule has 2 aliphatic rings. The summed E-state index contributed by atoms with van der Waals surface area (Å²) in [6.07, 6.45) is 5.33. The Hall–Kier alpha value is -0.420. The van der Waals surface area contributed by atoms with Crippen LogP contribution in [-0.4, -0.2) is 42.2 Å². The van der Waals surface area contributed by atoms with E-state index in [4.69, 9.17) is 4.84 Å². The lowest BCUT2D eigenvalue weighted by Crippen LogP contribution is -2.39. The average molecular weight is 280 g/mol. The van der Waals surface area contributed by atoms with Crippen molar-refractivity contribution in [1.82, 2.24) is 9.96 Å². The van der Waals surface area contributed by atoms with E-state index in [2.05, 4.69) is 29.0 Å². The van der Waals surface area contributed by atoms with Crippen LogP contribution in [0.2, 0.25) is 0 Å². The fourth-order valence-corrected chi connectivity index (χ4v) is 3.93. The molecule has 106 valence electrons. The van der Waals surface area contributed by atoms with Gasteiger partial charge in [-0.15, -0.1) is 11.3 Å². The molecule has 0 N–H and O–H groups in total. The predicted octanol–water partition coefficient (Wildman–Crippen LogP) is 3.05. The second kappa shape index (κ2) is 6.35. The van der Waals surface area contributed by atoms with Gasteiger partial charge in [0.15, 0.2) is 0 Å². The number of likely N-dealkylation sites (tertiary alicyclic amines) is 1. The largest absolute Gasteiger partial charge is 0.302 e. The predicted molar refractivity (Wildman–Crippen MR) is 79.2 cm³/mol. The van der Waals surface area contributed by atoms with Crippen molar-refractivity contribution >= 4 is 11.3 Å². The van der Waals surface area contributed by atoms with Crippen molar-refractivity contribution in [2.75, 3.05) is 26.2 Å². The molecule has 0 aliphatic carbocycles. The highest BCUT2D eigenvalue weighted by molar-refractivity contribution is 7.11. The van der Waals surface area contributed by atoms with Crippen molar-refractivity contribution in [1.29, 1.82) is 0 Å². The summed E-state index contributed by atoms with van der Waals surface area (Å²) in [5.74, 6) is 0. The normalized spacial score (nSPS) is 25.4. The molecule has 0 amide bonds. The number of rotatable bonds is 5. The summed E-state index contributed by atoms with van der Waals surface area (Å²) in [5, 5.41) is 2.24. The van der Waals surface area contributed by atoms with Crippen LogP contribution in [0.25, 0.3) is 0 Å². The molecule has 2 saturated heterocycles. The molecular formula is C15H24N2OS. The van der Waals surface area contributed by atoms with Gasteiger partial charge >= 0.3 is 0 Å². The van der Waals surface area contributed by atoms with Crippen LogP contribution >= 0.6 is 11.3 Å². The standard InChI is InChI=1S/C15H24N2OS/c1-13-6-7-15(19-13)12-18-17-10-4-5-14(17)11-16-8-2-3-9-16/h6-7,14H,2-5,8-12H2,1H3. The van der Waals surface area contributed by atoms with Gasteiger partial charge in [-0.05, 0) is 57.8 Å². The monoisotopic (exact) mass is 280 g/mol. The molecule has 0 saturated carbocycles. The van der Waals surface area contributed by atoms with Gasteiger partial charge < -0.3 is 4.90 Å². The van der Waals surface area contributed by atoms with Gasteiger partial charge in [-0.1, -0.05) is 0 Å². The number of hydroxylamine groups is 2. The van der Waals surface area contributed by atoms with Gasteiger partial charge in [0.2, 0.25) is 0 Å². The van der Waals surface area contributed by atoms with Crippen molar-refractivity contribution < 1.29 is 4.84 Å². The fourth-order valence-electron chi connectivity index (χ4n) is 3.13. The SMILES string of the molecule is Cc1ccc(CON2CCCC2CN2CCCC2)s1. The van der Waals surface area contributed by atoms with Crippen LogP contribution in [0.1, 0.15) is 35.4 Å². The minimum absolute atomic E-state index is 0.610. The number of aryl methyl sites for hydroxylation is 1. The molecule has 4 heteroatoms. The summed E-state index contributed by atoms with van der Waals surface area (Å²) in [7, 11) is 0. The summed E-state index contributed by atoms with van der Waals surface area (Å²) in [6, 6.07) is 4.97. The van der Waals surface area contributed by atoms with Crippen LogP contribution in [0, 0.1) is 6.92 Å². The van der Waals surface area contributed by atoms with Crippen LogP contribution in [0.4, 0.5) is 0 Å². The topological polar surface area (TPSA) is 15.7 Å². The highest BCUT2D eigenvalue weighted by Crippen LogP contribution is 2.23. The Morgan fingerprint density at radius 1 is 1.21 bits per heavy atom. The van der Waals surface area contributed by atoms with Gasteiger partial charge in [0.05, 0.1) is 0 Å². The zero-order valence-electron chi connectivity index (χ0n) is 11.8. The van der Waals surface area contributed by atoms with Crippen LogP contribution in [-0.2, 0) is 11.4 Å². The van der Waals surface area contributed by atoms with E-state index in [-0.39, 0.29) is 0 Å². The fraction of sp³-hybridized carbons (Fsp3) is 0.733. The maximum Gasteiger partial charge on any atom is 0.103 e. The van der Waals surface area contributed by atoms with E-state index in [1.54, 1.807) is 0 Å². The average Bonchev–Trinajstić information content (AvgIpc) is 3.10. The van der Waals surface area contributed by atoms with Gasteiger partial charge in [-0.3, -0.25) is 4.84 Å². The van der Waals surface area contributed by atoms with E-state index in [1.807, 2.05) is 11.3 Å². The maximum absolute atomic E-state index is 6.04. The molecule has 3 nitrogen and oxygen atoms in total. The molecule has 0 spiro atoms. The lowest BCUT2D eigenvalue weighted by Gasteiger charge is -2.27. The molecule has 0 radical (unpaired) electrons. The highest BCUT2D eigenvalue weighted by Gasteiger charge is 2.28. The van der Waals surface area contributed by atoms with Gasteiger partial charge in [0.1, 0.15) is 6.61 Å². The zero-order valence-corrected chi connectivity index (χ0v) is 12.6. The smallest absolute Gasteiger partial charge is 0.103 e. The third kappa shape index (κ3) is 3.57. The first kappa shape index (κ1) is 13.6. The molecule has 1 aromatic heterocycles. The third-order valence-electron chi connectivity index (χ3n) is 4.16. The Morgan fingerprint density at radius 3 is 2.79 bits per heavy atom. The Labute approximate surface area is 120 Å². The summed E-state index contributed by atoms with van der Waals surface area (Å²) < 4.78 is 0. The molecule has 19 heavy (non-hydrogen) atoms. The second-order valence-corrected chi connectivity index (χ2v) is 7.10. The van der Waals surface area contributed by atoms with Crippen molar-refractivity contribution in [3.63, 3.8) is 0 Å². The van der Waals surface area contributed by atoms with Crippen LogP contribution in [0.15, 0.2) is 12.1 Å². The second-order valence-electron chi connectivity index (χ2n) is 5.73. The molecule has 1 atom stereocenters. The number of nitrogens with zero attached hydrogens (tertiary/aromatic N) is 2. The number of hydrogen-bond donors (Lipinski definition) is 0. The van der Waals surface area contributed by atoms with E-state index >= 15 is 0 Å². The highest BCUT2D eigenvalue weighted by atomic mass is 32.1. The summed E-state index contributed by atoms with van der Waals surface area (Å²) in [4.78, 5) is 11.3. The molecule has 3 rings (SSSR count). The van der Waals surface area contributed by atoms with Gasteiger partial charge in [0, 0.05) is 28.9 Å². The van der Waals surface area contributed by atoms with Gasteiger partial charge in [-0.2, -0.15) is 5.06 Å². The Bertz CT molecular complexity index is 401. The number of hydrogen-bond acceptors (Lipinski definition) is 4. The lowest BCUT2D eigenvalue weighted by atomic mass is 10.2. The molecule has 0 bridgehead atoms. The van der Waals surface area contributed by atoms with Crippen molar-refractivity contribution in [3.05, 3.63) is 21.9 Å². The molecule has 2 aliphatic heterocycles. The van der Waals surface area contributed by atoms with E-state index in [0.29, 0.717) is 6.04 Å². The van der Waals surface area contributed by atoms with E-state index in [9.17, 15) is 0 Å². The van der Waals surface area contributed by atoms with Crippen LogP contribution < -0.4 is 0 Å². The van der Waals surface area contributed by atoms with Crippen LogP contribution in [0.3, 0.4) is 0 Å². The maximum atomic E-state index is 6.04. The van der Waals surface area contributed by atoms with Gasteiger partial charge in [0.25, 0.3) is 0 Å². The minimum Gasteiger partial charge on any atom is -0.302 e. The first-order chi connectivity index (χ1) is 9.31. The third-order valence-corrected chi connectivity index (χ3v) is 5.13. The first-order valence-electron chi connectivity index (χ1n) is 7.48. The zero-order chi connectivity index (χ0) is 13.1. The summed E-state index contributed by atoms with van der Waals surface area (Å²) >= 11 is 1.84. The van der Waals surface area contributed by atoms with E-state index in [0.717, 1.165) is 13.2 Å². The number of thiophene rings is 1. The molecule has 0 aromatic carbocycles. The first-order valence-corrected chi connectivity index (χ1v) is 8.30.